The number of guanidine groups is 1. The molecule has 0 bridgehead atoms. The van der Waals surface area contributed by atoms with Crippen molar-refractivity contribution in [1.29, 1.82) is 0 Å². The van der Waals surface area contributed by atoms with Crippen LogP contribution in [-0.2, 0) is 17.8 Å². The second-order valence-corrected chi connectivity index (χ2v) is 6.72. The van der Waals surface area contributed by atoms with Crippen LogP contribution in [0.3, 0.4) is 0 Å². The van der Waals surface area contributed by atoms with Gasteiger partial charge in [-0.15, -0.1) is 0 Å². The number of hydrogen-bond donors (Lipinski definition) is 3. The summed E-state index contributed by atoms with van der Waals surface area (Å²) in [6, 6.07) is 14.2. The molecule has 0 aliphatic carbocycles. The highest BCUT2D eigenvalue weighted by atomic mass is 16.5. The van der Waals surface area contributed by atoms with E-state index in [1.165, 1.54) is 16.7 Å². The van der Waals surface area contributed by atoms with Gasteiger partial charge in [-0.25, -0.2) is 0 Å². The van der Waals surface area contributed by atoms with Crippen molar-refractivity contribution in [1.82, 2.24) is 16.0 Å². The maximum atomic E-state index is 12.0. The van der Waals surface area contributed by atoms with E-state index in [4.69, 9.17) is 4.74 Å². The fourth-order valence-electron chi connectivity index (χ4n) is 2.93. The van der Waals surface area contributed by atoms with E-state index >= 15 is 0 Å². The number of benzene rings is 2. The van der Waals surface area contributed by atoms with E-state index in [2.05, 4.69) is 53.0 Å². The predicted octanol–water partition coefficient (Wildman–Crippen LogP) is 2.34. The van der Waals surface area contributed by atoms with Crippen LogP contribution >= 0.6 is 0 Å². The van der Waals surface area contributed by atoms with Crippen molar-refractivity contribution in [3.8, 4) is 5.75 Å². The van der Waals surface area contributed by atoms with Crippen LogP contribution in [0.4, 0.5) is 0 Å². The second-order valence-electron chi connectivity index (χ2n) is 6.72. The van der Waals surface area contributed by atoms with Gasteiger partial charge in [-0.1, -0.05) is 41.5 Å². The number of rotatable bonds is 8. The Labute approximate surface area is 167 Å². The highest BCUT2D eigenvalue weighted by molar-refractivity contribution is 5.86. The van der Waals surface area contributed by atoms with E-state index in [0.717, 1.165) is 24.3 Å². The minimum Gasteiger partial charge on any atom is -0.497 e. The maximum absolute atomic E-state index is 12.0. The Bertz CT molecular complexity index is 780. The summed E-state index contributed by atoms with van der Waals surface area (Å²) in [6.07, 6.45) is 0.896. The molecule has 0 spiro atoms. The lowest BCUT2D eigenvalue weighted by Crippen LogP contribution is -2.43. The standard InChI is InChI=1S/C22H30N4O2/c1-16-11-17(2)13-19(12-16)9-10-24-22(23-3)26-15-21(27)25-14-18-5-7-20(28-4)8-6-18/h5-8,11-13H,9-10,14-15H2,1-4H3,(H,25,27)(H2,23,24,26). The lowest BCUT2D eigenvalue weighted by Gasteiger charge is -2.12. The normalized spacial score (nSPS) is 11.1. The maximum Gasteiger partial charge on any atom is 0.239 e. The molecular formula is C22H30N4O2. The molecule has 1 amide bonds. The van der Waals surface area contributed by atoms with Crippen molar-refractivity contribution < 1.29 is 9.53 Å². The van der Waals surface area contributed by atoms with Crippen LogP contribution in [0, 0.1) is 13.8 Å². The predicted molar refractivity (Wildman–Crippen MR) is 114 cm³/mol. The van der Waals surface area contributed by atoms with E-state index in [1.807, 2.05) is 24.3 Å². The molecule has 0 saturated carbocycles. The van der Waals surface area contributed by atoms with Gasteiger partial charge < -0.3 is 20.7 Å². The third-order valence-electron chi connectivity index (χ3n) is 4.28. The van der Waals surface area contributed by atoms with Gasteiger partial charge in [0.05, 0.1) is 13.7 Å². The molecule has 0 aliphatic rings. The number of carbonyl (C=O) groups excluding carboxylic acids is 1. The minimum atomic E-state index is -0.0897. The number of nitrogens with zero attached hydrogens (tertiary/aromatic N) is 1. The zero-order chi connectivity index (χ0) is 20.4. The Morgan fingerprint density at radius 3 is 2.25 bits per heavy atom. The van der Waals surface area contributed by atoms with Gasteiger partial charge in [0.15, 0.2) is 5.96 Å². The number of carbonyl (C=O) groups is 1. The van der Waals surface area contributed by atoms with Gasteiger partial charge >= 0.3 is 0 Å². The number of aryl methyl sites for hydroxylation is 2. The molecule has 0 fully saturated rings. The monoisotopic (exact) mass is 382 g/mol. The van der Waals surface area contributed by atoms with Gasteiger partial charge in [-0.05, 0) is 43.5 Å². The Morgan fingerprint density at radius 2 is 1.64 bits per heavy atom. The number of hydrogen-bond acceptors (Lipinski definition) is 3. The van der Waals surface area contributed by atoms with Crippen LogP contribution in [0.25, 0.3) is 0 Å². The lowest BCUT2D eigenvalue weighted by atomic mass is 10.1. The van der Waals surface area contributed by atoms with Crippen molar-refractivity contribution in [2.45, 2.75) is 26.8 Å². The summed E-state index contributed by atoms with van der Waals surface area (Å²) in [5, 5.41) is 9.17. The van der Waals surface area contributed by atoms with E-state index in [0.29, 0.717) is 12.5 Å². The van der Waals surface area contributed by atoms with Crippen molar-refractivity contribution in [2.24, 2.45) is 4.99 Å². The van der Waals surface area contributed by atoms with Gasteiger partial charge in [0.25, 0.3) is 0 Å². The zero-order valence-electron chi connectivity index (χ0n) is 17.1. The van der Waals surface area contributed by atoms with Gasteiger partial charge in [0.2, 0.25) is 5.91 Å². The molecule has 0 atom stereocenters. The number of nitrogens with one attached hydrogen (secondary N) is 3. The molecule has 6 heteroatoms. The molecule has 0 heterocycles. The summed E-state index contributed by atoms with van der Waals surface area (Å²) < 4.78 is 5.13. The van der Waals surface area contributed by atoms with Crippen molar-refractivity contribution in [3.05, 3.63) is 64.7 Å². The molecule has 0 aromatic heterocycles. The highest BCUT2D eigenvalue weighted by Gasteiger charge is 2.04. The van der Waals surface area contributed by atoms with Crippen molar-refractivity contribution in [3.63, 3.8) is 0 Å². The average molecular weight is 383 g/mol. The average Bonchev–Trinajstić information content (AvgIpc) is 2.68. The van der Waals surface area contributed by atoms with E-state index < -0.39 is 0 Å². The summed E-state index contributed by atoms with van der Waals surface area (Å²) in [6.45, 7) is 5.60. The summed E-state index contributed by atoms with van der Waals surface area (Å²) in [5.74, 6) is 1.32. The number of amides is 1. The molecule has 3 N–H and O–H groups in total. The fraction of sp³-hybridized carbons (Fsp3) is 0.364. The van der Waals surface area contributed by atoms with Crippen LogP contribution in [-0.4, -0.2) is 39.1 Å². The third kappa shape index (κ3) is 7.31. The highest BCUT2D eigenvalue weighted by Crippen LogP contribution is 2.11. The molecule has 2 aromatic rings. The van der Waals surface area contributed by atoms with Crippen molar-refractivity contribution >= 4 is 11.9 Å². The van der Waals surface area contributed by atoms with Crippen LogP contribution in [0.2, 0.25) is 0 Å². The minimum absolute atomic E-state index is 0.0897. The Morgan fingerprint density at radius 1 is 0.964 bits per heavy atom. The summed E-state index contributed by atoms with van der Waals surface area (Å²) >= 11 is 0. The lowest BCUT2D eigenvalue weighted by molar-refractivity contribution is -0.120. The Kier molecular flexibility index (Phi) is 8.34. The Balaban J connectivity index is 1.69. The molecule has 2 aromatic carbocycles. The van der Waals surface area contributed by atoms with Crippen molar-refractivity contribution in [2.75, 3.05) is 27.2 Å². The first-order valence-corrected chi connectivity index (χ1v) is 9.41. The van der Waals surface area contributed by atoms with E-state index in [9.17, 15) is 4.79 Å². The largest absolute Gasteiger partial charge is 0.497 e. The molecule has 28 heavy (non-hydrogen) atoms. The van der Waals surface area contributed by atoms with Crippen LogP contribution in [0.5, 0.6) is 5.75 Å². The third-order valence-corrected chi connectivity index (χ3v) is 4.28. The van der Waals surface area contributed by atoms with Crippen LogP contribution in [0.15, 0.2) is 47.5 Å². The van der Waals surface area contributed by atoms with E-state index in [-0.39, 0.29) is 12.5 Å². The summed E-state index contributed by atoms with van der Waals surface area (Å²) in [7, 11) is 3.33. The molecule has 2 rings (SSSR count). The smallest absolute Gasteiger partial charge is 0.239 e. The number of methoxy groups -OCH3 is 1. The SMILES string of the molecule is CN=C(NCCc1cc(C)cc(C)c1)NCC(=O)NCc1ccc(OC)cc1. The molecule has 0 unspecified atom stereocenters. The quantitative estimate of drug-likeness (QED) is 0.484. The first kappa shape index (κ1) is 21.3. The number of aliphatic imine (C=N–C) groups is 1. The van der Waals surface area contributed by atoms with Gasteiger partial charge in [0.1, 0.15) is 5.75 Å². The molecule has 0 radical (unpaired) electrons. The second kappa shape index (κ2) is 11.0. The molecule has 0 aliphatic heterocycles. The molecule has 6 nitrogen and oxygen atoms in total. The zero-order valence-corrected chi connectivity index (χ0v) is 17.1. The summed E-state index contributed by atoms with van der Waals surface area (Å²) in [5.41, 5.74) is 4.85. The molecule has 0 saturated heterocycles. The van der Waals surface area contributed by atoms with Gasteiger partial charge in [0, 0.05) is 20.1 Å². The van der Waals surface area contributed by atoms with Gasteiger partial charge in [-0.2, -0.15) is 0 Å². The first-order valence-electron chi connectivity index (χ1n) is 9.41. The topological polar surface area (TPSA) is 74.8 Å². The first-order chi connectivity index (χ1) is 13.5. The van der Waals surface area contributed by atoms with Gasteiger partial charge in [-0.3, -0.25) is 9.79 Å². The van der Waals surface area contributed by atoms with Crippen LogP contribution in [0.1, 0.15) is 22.3 Å². The molecular weight excluding hydrogens is 352 g/mol. The number of ether oxygens (including phenoxy) is 1. The van der Waals surface area contributed by atoms with E-state index in [1.54, 1.807) is 14.2 Å². The van der Waals surface area contributed by atoms with Crippen LogP contribution < -0.4 is 20.7 Å². The Hall–Kier alpha value is -3.02. The fourth-order valence-corrected chi connectivity index (χ4v) is 2.93. The summed E-state index contributed by atoms with van der Waals surface area (Å²) in [4.78, 5) is 16.2. The molecule has 150 valence electrons.